The van der Waals surface area contributed by atoms with Gasteiger partial charge in [-0.25, -0.2) is 0 Å². The number of rotatable bonds is 5. The monoisotopic (exact) mass is 186 g/mol. The molecule has 0 rings (SSSR count). The molecular weight excluding hydrogens is 168 g/mol. The molecule has 0 unspecified atom stereocenters. The molecule has 0 aromatic rings. The molecule has 13 heavy (non-hydrogen) atoms. The second-order valence-electron chi connectivity index (χ2n) is 3.33. The third kappa shape index (κ3) is 5.27. The maximum Gasteiger partial charge on any atom is 0.0982 e. The highest BCUT2D eigenvalue weighted by Crippen LogP contribution is 2.10. The van der Waals surface area contributed by atoms with Gasteiger partial charge in [0.1, 0.15) is 0 Å². The van der Waals surface area contributed by atoms with Crippen molar-refractivity contribution in [2.75, 3.05) is 13.2 Å². The Balaban J connectivity index is 4.15. The normalized spacial score (nSPS) is 12.8. The number of aliphatic hydroxyl groups is 2. The Kier molecular flexibility index (Phi) is 4.51. The van der Waals surface area contributed by atoms with Gasteiger partial charge in [-0.3, -0.25) is 0 Å². The lowest BCUT2D eigenvalue weighted by Gasteiger charge is -2.18. The largest absolute Gasteiger partial charge is 0.400 e. The molecule has 0 radical (unpaired) electrons. The summed E-state index contributed by atoms with van der Waals surface area (Å²) in [6, 6.07) is 0. The van der Waals surface area contributed by atoms with Crippen molar-refractivity contribution in [3.8, 4) is 0 Å². The Morgan fingerprint density at radius 3 is 2.54 bits per heavy atom. The van der Waals surface area contributed by atoms with Crippen LogP contribution in [0.1, 0.15) is 13.8 Å². The zero-order valence-corrected chi connectivity index (χ0v) is 8.17. The number of nitrogens with two attached hydrogens (primary N) is 1. The van der Waals surface area contributed by atoms with Crippen molar-refractivity contribution < 1.29 is 10.2 Å². The van der Waals surface area contributed by atoms with E-state index in [0.717, 1.165) is 0 Å². The van der Waals surface area contributed by atoms with E-state index in [9.17, 15) is 5.11 Å². The van der Waals surface area contributed by atoms with Crippen LogP contribution in [0.15, 0.2) is 24.0 Å². The lowest BCUT2D eigenvalue weighted by molar-refractivity contribution is 0.118. The van der Waals surface area contributed by atoms with Crippen LogP contribution in [0.25, 0.3) is 0 Å². The van der Waals surface area contributed by atoms with Gasteiger partial charge < -0.3 is 21.3 Å². The molecule has 76 valence electrons. The van der Waals surface area contributed by atoms with Gasteiger partial charge in [-0.15, -0.1) is 0 Å². The molecule has 0 aliphatic carbocycles. The highest BCUT2D eigenvalue weighted by molar-refractivity contribution is 5.22. The lowest BCUT2D eigenvalue weighted by Crippen LogP contribution is -2.28. The van der Waals surface area contributed by atoms with Crippen LogP contribution in [0, 0.1) is 0 Å². The smallest absolute Gasteiger partial charge is 0.0982 e. The highest BCUT2D eigenvalue weighted by Gasteiger charge is 2.15. The second kappa shape index (κ2) is 4.89. The third-order valence-corrected chi connectivity index (χ3v) is 1.50. The summed E-state index contributed by atoms with van der Waals surface area (Å²) in [5.74, 6) is 0. The van der Waals surface area contributed by atoms with Gasteiger partial charge in [-0.1, -0.05) is 6.58 Å². The summed E-state index contributed by atoms with van der Waals surface area (Å²) < 4.78 is 0. The Morgan fingerprint density at radius 2 is 2.15 bits per heavy atom. The molecule has 0 aliphatic rings. The van der Waals surface area contributed by atoms with Crippen molar-refractivity contribution >= 4 is 0 Å². The summed E-state index contributed by atoms with van der Waals surface area (Å²) in [5.41, 5.74) is 5.45. The molecule has 0 aromatic carbocycles. The molecule has 0 saturated carbocycles. The van der Waals surface area contributed by atoms with Crippen molar-refractivity contribution in [3.63, 3.8) is 0 Å². The molecule has 5 N–H and O–H groups in total. The van der Waals surface area contributed by atoms with Crippen LogP contribution in [0.2, 0.25) is 0 Å². The van der Waals surface area contributed by atoms with E-state index in [1.807, 2.05) is 0 Å². The SMILES string of the molecule is C=C(/C=C(\N)C(C)(C)O)NCCO. The standard InChI is InChI=1S/C9H18N2O2/c1-7(11-4-5-12)6-8(10)9(2,3)13/h6,11-13H,1,4-5,10H2,2-3H3/b8-6-. The molecule has 0 atom stereocenters. The first-order valence-electron chi connectivity index (χ1n) is 4.11. The van der Waals surface area contributed by atoms with Gasteiger partial charge in [0.2, 0.25) is 0 Å². The summed E-state index contributed by atoms with van der Waals surface area (Å²) >= 11 is 0. The highest BCUT2D eigenvalue weighted by atomic mass is 16.3. The van der Waals surface area contributed by atoms with E-state index >= 15 is 0 Å². The van der Waals surface area contributed by atoms with Crippen LogP contribution in [-0.2, 0) is 0 Å². The molecule has 0 aliphatic heterocycles. The predicted octanol–water partition coefficient (Wildman–Crippen LogP) is -0.305. The molecule has 0 aromatic heterocycles. The van der Waals surface area contributed by atoms with Gasteiger partial charge in [0.05, 0.1) is 12.2 Å². The van der Waals surface area contributed by atoms with E-state index < -0.39 is 5.60 Å². The first-order chi connectivity index (χ1) is 5.88. The van der Waals surface area contributed by atoms with Gasteiger partial charge in [-0.2, -0.15) is 0 Å². The Bertz CT molecular complexity index is 204. The zero-order valence-electron chi connectivity index (χ0n) is 8.17. The van der Waals surface area contributed by atoms with Gasteiger partial charge in [-0.05, 0) is 19.9 Å². The average Bonchev–Trinajstić information content (AvgIpc) is 1.99. The summed E-state index contributed by atoms with van der Waals surface area (Å²) in [5, 5.41) is 20.8. The maximum absolute atomic E-state index is 9.45. The Labute approximate surface area is 78.8 Å². The molecule has 0 saturated heterocycles. The average molecular weight is 186 g/mol. The van der Waals surface area contributed by atoms with E-state index in [-0.39, 0.29) is 6.61 Å². The molecule has 0 fully saturated rings. The minimum atomic E-state index is -1.04. The predicted molar refractivity (Wildman–Crippen MR) is 52.8 cm³/mol. The fourth-order valence-corrected chi connectivity index (χ4v) is 0.632. The van der Waals surface area contributed by atoms with E-state index in [2.05, 4.69) is 11.9 Å². The topological polar surface area (TPSA) is 78.5 Å². The van der Waals surface area contributed by atoms with Crippen molar-refractivity contribution in [1.82, 2.24) is 5.32 Å². The minimum absolute atomic E-state index is 0.0370. The molecule has 0 amide bonds. The van der Waals surface area contributed by atoms with Gasteiger partial charge in [0.25, 0.3) is 0 Å². The van der Waals surface area contributed by atoms with Gasteiger partial charge in [0.15, 0.2) is 0 Å². The summed E-state index contributed by atoms with van der Waals surface area (Å²) in [4.78, 5) is 0. The van der Waals surface area contributed by atoms with Crippen LogP contribution in [0.3, 0.4) is 0 Å². The number of hydrogen-bond acceptors (Lipinski definition) is 4. The van der Waals surface area contributed by atoms with E-state index in [1.165, 1.54) is 0 Å². The van der Waals surface area contributed by atoms with Gasteiger partial charge >= 0.3 is 0 Å². The number of allylic oxidation sites excluding steroid dienone is 1. The lowest BCUT2D eigenvalue weighted by atomic mass is 10.1. The van der Waals surface area contributed by atoms with Crippen molar-refractivity contribution in [3.05, 3.63) is 24.0 Å². The Morgan fingerprint density at radius 1 is 1.62 bits per heavy atom. The molecule has 0 spiro atoms. The second-order valence-corrected chi connectivity index (χ2v) is 3.33. The van der Waals surface area contributed by atoms with Crippen LogP contribution < -0.4 is 11.1 Å². The van der Waals surface area contributed by atoms with Crippen LogP contribution in [-0.4, -0.2) is 29.0 Å². The first kappa shape index (κ1) is 12.0. The van der Waals surface area contributed by atoms with Gasteiger partial charge in [0, 0.05) is 17.9 Å². The number of nitrogens with one attached hydrogen (secondary N) is 1. The maximum atomic E-state index is 9.45. The van der Waals surface area contributed by atoms with Crippen LogP contribution in [0.4, 0.5) is 0 Å². The van der Waals surface area contributed by atoms with Crippen LogP contribution >= 0.6 is 0 Å². The summed E-state index contributed by atoms with van der Waals surface area (Å²) in [6.07, 6.45) is 1.55. The van der Waals surface area contributed by atoms with Crippen molar-refractivity contribution in [2.24, 2.45) is 5.73 Å². The zero-order chi connectivity index (χ0) is 10.5. The number of hydrogen-bond donors (Lipinski definition) is 4. The summed E-state index contributed by atoms with van der Waals surface area (Å²) in [6.45, 7) is 7.31. The van der Waals surface area contributed by atoms with Crippen molar-refractivity contribution in [1.29, 1.82) is 0 Å². The fourth-order valence-electron chi connectivity index (χ4n) is 0.632. The van der Waals surface area contributed by atoms with E-state index in [1.54, 1.807) is 19.9 Å². The first-order valence-corrected chi connectivity index (χ1v) is 4.11. The molecular formula is C9H18N2O2. The molecule has 4 nitrogen and oxygen atoms in total. The molecule has 4 heteroatoms. The number of aliphatic hydroxyl groups excluding tert-OH is 1. The Hall–Kier alpha value is -1.00. The third-order valence-electron chi connectivity index (χ3n) is 1.50. The quantitative estimate of drug-likeness (QED) is 0.444. The summed E-state index contributed by atoms with van der Waals surface area (Å²) in [7, 11) is 0. The van der Waals surface area contributed by atoms with Crippen molar-refractivity contribution in [2.45, 2.75) is 19.4 Å². The fraction of sp³-hybridized carbons (Fsp3) is 0.556. The van der Waals surface area contributed by atoms with E-state index in [0.29, 0.717) is 17.9 Å². The molecule has 0 heterocycles. The van der Waals surface area contributed by atoms with Crippen LogP contribution in [0.5, 0.6) is 0 Å². The molecule has 0 bridgehead atoms. The van der Waals surface area contributed by atoms with E-state index in [4.69, 9.17) is 10.8 Å². The minimum Gasteiger partial charge on any atom is -0.400 e.